The van der Waals surface area contributed by atoms with Crippen molar-refractivity contribution in [3.05, 3.63) is 54.1 Å². The lowest BCUT2D eigenvalue weighted by atomic mass is 10.2. The van der Waals surface area contributed by atoms with Gasteiger partial charge in [-0.1, -0.05) is 19.4 Å². The van der Waals surface area contributed by atoms with Crippen LogP contribution in [0.4, 0.5) is 11.4 Å². The summed E-state index contributed by atoms with van der Waals surface area (Å²) >= 11 is 0. The summed E-state index contributed by atoms with van der Waals surface area (Å²) in [5, 5.41) is 8.62. The molecule has 0 saturated heterocycles. The molecule has 27 heavy (non-hydrogen) atoms. The van der Waals surface area contributed by atoms with Gasteiger partial charge in [-0.05, 0) is 49.7 Å². The Kier molecular flexibility index (Phi) is 8.16. The van der Waals surface area contributed by atoms with E-state index in [4.69, 9.17) is 4.74 Å². The Hall–Kier alpha value is -3.02. The summed E-state index contributed by atoms with van der Waals surface area (Å²) in [6.07, 6.45) is 2.10. The van der Waals surface area contributed by atoms with Crippen LogP contribution in [-0.4, -0.2) is 31.5 Å². The maximum Gasteiger partial charge on any atom is 0.251 e. The van der Waals surface area contributed by atoms with Crippen LogP contribution < -0.4 is 20.7 Å². The summed E-state index contributed by atoms with van der Waals surface area (Å²) < 4.78 is 5.66. The van der Waals surface area contributed by atoms with Crippen LogP contribution in [0.25, 0.3) is 0 Å². The Bertz CT molecular complexity index is 745. The third-order valence-electron chi connectivity index (χ3n) is 3.82. The third kappa shape index (κ3) is 7.01. The summed E-state index contributed by atoms with van der Waals surface area (Å²) in [4.78, 5) is 23.8. The van der Waals surface area contributed by atoms with Crippen molar-refractivity contribution in [3.8, 4) is 5.75 Å². The smallest absolute Gasteiger partial charge is 0.251 e. The van der Waals surface area contributed by atoms with Crippen molar-refractivity contribution in [3.63, 3.8) is 0 Å². The first-order valence-electron chi connectivity index (χ1n) is 9.27. The highest BCUT2D eigenvalue weighted by Crippen LogP contribution is 2.17. The summed E-state index contributed by atoms with van der Waals surface area (Å²) in [6.45, 7) is 5.39. The van der Waals surface area contributed by atoms with E-state index in [0.717, 1.165) is 24.3 Å². The molecule has 3 N–H and O–H groups in total. The molecule has 0 atom stereocenters. The quantitative estimate of drug-likeness (QED) is 0.558. The van der Waals surface area contributed by atoms with E-state index >= 15 is 0 Å². The lowest BCUT2D eigenvalue weighted by Crippen LogP contribution is -2.23. The molecule has 6 heteroatoms. The number of carbonyl (C=O) groups is 2. The molecule has 2 aromatic carbocycles. The van der Waals surface area contributed by atoms with Crippen LogP contribution in [0.1, 0.15) is 37.0 Å². The van der Waals surface area contributed by atoms with E-state index < -0.39 is 0 Å². The van der Waals surface area contributed by atoms with Gasteiger partial charge in [0.1, 0.15) is 5.75 Å². The summed E-state index contributed by atoms with van der Waals surface area (Å²) in [6, 6.07) is 14.4. The average molecular weight is 369 g/mol. The normalized spacial score (nSPS) is 10.1. The van der Waals surface area contributed by atoms with Gasteiger partial charge >= 0.3 is 0 Å². The van der Waals surface area contributed by atoms with Gasteiger partial charge in [0.15, 0.2) is 0 Å². The molecule has 0 bridgehead atoms. The highest BCUT2D eigenvalue weighted by Gasteiger charge is 2.06. The lowest BCUT2D eigenvalue weighted by molar-refractivity contribution is -0.114. The van der Waals surface area contributed by atoms with Crippen molar-refractivity contribution in [1.82, 2.24) is 5.32 Å². The SMILES string of the molecule is CCCCOc1cccc(NCC(=O)Nc2ccc(C(=O)NCC)cc2)c1. The van der Waals surface area contributed by atoms with Gasteiger partial charge in [-0.3, -0.25) is 9.59 Å². The maximum atomic E-state index is 12.1. The number of hydrogen-bond donors (Lipinski definition) is 3. The summed E-state index contributed by atoms with van der Waals surface area (Å²) in [5.41, 5.74) is 2.03. The largest absolute Gasteiger partial charge is 0.494 e. The van der Waals surface area contributed by atoms with Gasteiger partial charge in [0.25, 0.3) is 5.91 Å². The molecule has 0 heterocycles. The van der Waals surface area contributed by atoms with Gasteiger partial charge in [-0.2, -0.15) is 0 Å². The van der Waals surface area contributed by atoms with E-state index in [1.165, 1.54) is 0 Å². The van der Waals surface area contributed by atoms with E-state index in [1.807, 2.05) is 31.2 Å². The number of unbranched alkanes of at least 4 members (excludes halogenated alkanes) is 1. The van der Waals surface area contributed by atoms with Crippen LogP contribution in [0, 0.1) is 0 Å². The summed E-state index contributed by atoms with van der Waals surface area (Å²) in [5.74, 6) is 0.492. The van der Waals surface area contributed by atoms with Gasteiger partial charge in [0.05, 0.1) is 13.2 Å². The Morgan fingerprint density at radius 1 is 1.00 bits per heavy atom. The number of ether oxygens (including phenoxy) is 1. The zero-order valence-electron chi connectivity index (χ0n) is 15.9. The lowest BCUT2D eigenvalue weighted by Gasteiger charge is -2.10. The average Bonchev–Trinajstić information content (AvgIpc) is 2.68. The Balaban J connectivity index is 1.82. The monoisotopic (exact) mass is 369 g/mol. The third-order valence-corrected chi connectivity index (χ3v) is 3.82. The molecule has 2 aromatic rings. The van der Waals surface area contributed by atoms with Crippen molar-refractivity contribution in [2.45, 2.75) is 26.7 Å². The Morgan fingerprint density at radius 2 is 1.78 bits per heavy atom. The second-order valence-corrected chi connectivity index (χ2v) is 6.07. The van der Waals surface area contributed by atoms with E-state index in [-0.39, 0.29) is 18.4 Å². The predicted octanol–water partition coefficient (Wildman–Crippen LogP) is 3.67. The molecular formula is C21H27N3O3. The van der Waals surface area contributed by atoms with Gasteiger partial charge in [0.2, 0.25) is 5.91 Å². The van der Waals surface area contributed by atoms with E-state index in [0.29, 0.717) is 24.4 Å². The minimum atomic E-state index is -0.168. The number of nitrogens with one attached hydrogen (secondary N) is 3. The second-order valence-electron chi connectivity index (χ2n) is 6.07. The maximum absolute atomic E-state index is 12.1. The van der Waals surface area contributed by atoms with Crippen LogP contribution in [0.5, 0.6) is 5.75 Å². The Morgan fingerprint density at radius 3 is 2.48 bits per heavy atom. The van der Waals surface area contributed by atoms with Gasteiger partial charge in [-0.25, -0.2) is 0 Å². The van der Waals surface area contributed by atoms with Crippen LogP contribution in [-0.2, 0) is 4.79 Å². The summed E-state index contributed by atoms with van der Waals surface area (Å²) in [7, 11) is 0. The highest BCUT2D eigenvalue weighted by molar-refractivity contribution is 5.96. The molecule has 144 valence electrons. The zero-order chi connectivity index (χ0) is 19.5. The van der Waals surface area contributed by atoms with Crippen LogP contribution >= 0.6 is 0 Å². The molecule has 0 aliphatic carbocycles. The first-order chi connectivity index (χ1) is 13.1. The van der Waals surface area contributed by atoms with Crippen LogP contribution in [0.15, 0.2) is 48.5 Å². The molecule has 0 aliphatic rings. The van der Waals surface area contributed by atoms with Gasteiger partial charge in [-0.15, -0.1) is 0 Å². The number of hydrogen-bond acceptors (Lipinski definition) is 4. The molecule has 0 aromatic heterocycles. The fourth-order valence-electron chi connectivity index (χ4n) is 2.39. The first kappa shape index (κ1) is 20.3. The van der Waals surface area contributed by atoms with Crippen LogP contribution in [0.3, 0.4) is 0 Å². The fourth-order valence-corrected chi connectivity index (χ4v) is 2.39. The van der Waals surface area contributed by atoms with Crippen molar-refractivity contribution >= 4 is 23.2 Å². The fraction of sp³-hybridized carbons (Fsp3) is 0.333. The van der Waals surface area contributed by atoms with Gasteiger partial charge < -0.3 is 20.7 Å². The number of rotatable bonds is 10. The molecule has 0 aliphatic heterocycles. The standard InChI is InChI=1S/C21H27N3O3/c1-3-5-13-27-19-8-6-7-18(14-19)23-15-20(25)24-17-11-9-16(10-12-17)21(26)22-4-2/h6-12,14,23H,3-5,13,15H2,1-2H3,(H,22,26)(H,24,25). The molecule has 2 amide bonds. The molecule has 2 rings (SSSR count). The van der Waals surface area contributed by atoms with E-state index in [9.17, 15) is 9.59 Å². The van der Waals surface area contributed by atoms with Crippen molar-refractivity contribution in [2.24, 2.45) is 0 Å². The minimum Gasteiger partial charge on any atom is -0.494 e. The van der Waals surface area contributed by atoms with E-state index in [1.54, 1.807) is 24.3 Å². The molecule has 0 spiro atoms. The second kappa shape index (κ2) is 10.9. The number of anilines is 2. The molecular weight excluding hydrogens is 342 g/mol. The minimum absolute atomic E-state index is 0.127. The molecule has 0 fully saturated rings. The van der Waals surface area contributed by atoms with Crippen molar-refractivity contribution in [2.75, 3.05) is 30.3 Å². The molecule has 0 saturated carbocycles. The predicted molar refractivity (Wildman–Crippen MR) is 108 cm³/mol. The molecule has 0 radical (unpaired) electrons. The van der Waals surface area contributed by atoms with E-state index in [2.05, 4.69) is 22.9 Å². The van der Waals surface area contributed by atoms with Gasteiger partial charge in [0, 0.05) is 29.5 Å². The highest BCUT2D eigenvalue weighted by atomic mass is 16.5. The topological polar surface area (TPSA) is 79.5 Å². The molecule has 0 unspecified atom stereocenters. The zero-order valence-corrected chi connectivity index (χ0v) is 15.9. The first-order valence-corrected chi connectivity index (χ1v) is 9.27. The van der Waals surface area contributed by atoms with Crippen molar-refractivity contribution < 1.29 is 14.3 Å². The van der Waals surface area contributed by atoms with Crippen LogP contribution in [0.2, 0.25) is 0 Å². The molecule has 6 nitrogen and oxygen atoms in total. The van der Waals surface area contributed by atoms with Crippen molar-refractivity contribution in [1.29, 1.82) is 0 Å². The number of carbonyl (C=O) groups excluding carboxylic acids is 2. The number of benzene rings is 2. The number of amides is 2. The Labute approximate surface area is 160 Å².